The van der Waals surface area contributed by atoms with E-state index < -0.39 is 35.4 Å². The van der Waals surface area contributed by atoms with E-state index in [0.717, 1.165) is 5.56 Å². The van der Waals surface area contributed by atoms with Crippen LogP contribution in [-0.4, -0.2) is 48.0 Å². The molecule has 2 aromatic carbocycles. The Morgan fingerprint density at radius 2 is 1.80 bits per heavy atom. The van der Waals surface area contributed by atoms with Crippen LogP contribution in [0.25, 0.3) is 0 Å². The molecule has 0 bridgehead atoms. The molecule has 0 saturated carbocycles. The number of rotatable bonds is 7. The smallest absolute Gasteiger partial charge is 0.312 e. The summed E-state index contributed by atoms with van der Waals surface area (Å²) < 4.78 is 24.7. The molecule has 2 atom stereocenters. The summed E-state index contributed by atoms with van der Waals surface area (Å²) >= 11 is 11.9. The van der Waals surface area contributed by atoms with Crippen molar-refractivity contribution in [2.24, 2.45) is 15.7 Å². The Hall–Kier alpha value is -3.37. The Morgan fingerprint density at radius 1 is 1.10 bits per heavy atom. The maximum Gasteiger partial charge on any atom is 0.312 e. The molecule has 12 heteroatoms. The average Bonchev–Trinajstić information content (AvgIpc) is 3.57. The predicted molar refractivity (Wildman–Crippen MR) is 148 cm³/mol. The van der Waals surface area contributed by atoms with Gasteiger partial charge in [0.2, 0.25) is 12.1 Å². The molecule has 1 unspecified atom stereocenters. The molecule has 0 fully saturated rings. The molecule has 2 aliphatic heterocycles. The van der Waals surface area contributed by atoms with E-state index in [4.69, 9.17) is 42.4 Å². The summed E-state index contributed by atoms with van der Waals surface area (Å²) in [5.74, 6) is -1.19. The number of carbonyl (C=O) groups excluding carboxylic acids is 2. The zero-order chi connectivity index (χ0) is 29.2. The number of benzene rings is 2. The summed E-state index contributed by atoms with van der Waals surface area (Å²) in [6.45, 7) is 8.88. The van der Waals surface area contributed by atoms with E-state index in [1.54, 1.807) is 39.8 Å². The van der Waals surface area contributed by atoms with E-state index in [1.165, 1.54) is 17.0 Å². The Morgan fingerprint density at radius 3 is 2.42 bits per heavy atom. The molecule has 9 nitrogen and oxygen atoms in total. The van der Waals surface area contributed by atoms with Crippen LogP contribution in [0, 0.1) is 18.2 Å². The van der Waals surface area contributed by atoms with Crippen molar-refractivity contribution in [3.05, 3.63) is 68.4 Å². The van der Waals surface area contributed by atoms with Crippen molar-refractivity contribution in [3.63, 3.8) is 0 Å². The van der Waals surface area contributed by atoms with E-state index in [9.17, 15) is 14.0 Å². The molecule has 0 aromatic heterocycles. The number of amides is 1. The standard InChI is InChI=1S/C28H30Cl2FN3O6/c1-6-37-23-13-24(40-33-23)34(14-38-27(36)28(3,4)5)26(35)18-8-7-16(9-15(18)2)21-12-22(39-32-21)17-10-19(29)25(31)20(30)11-17/h7-11,22,24H,6,12-14H2,1-5H3/t22-,24?/m0/s1. The second kappa shape index (κ2) is 12.0. The topological polar surface area (TPSA) is 99.0 Å². The number of aryl methyl sites for hydroxylation is 1. The van der Waals surface area contributed by atoms with Gasteiger partial charge in [-0.1, -0.05) is 34.4 Å². The lowest BCUT2D eigenvalue weighted by Gasteiger charge is -2.28. The fraction of sp³-hybridized carbons (Fsp3) is 0.429. The summed E-state index contributed by atoms with van der Waals surface area (Å²) in [6, 6.07) is 8.18. The first-order chi connectivity index (χ1) is 18.9. The Labute approximate surface area is 241 Å². The number of carbonyl (C=O) groups is 2. The first-order valence-electron chi connectivity index (χ1n) is 12.7. The molecule has 214 valence electrons. The lowest BCUT2D eigenvalue weighted by molar-refractivity contribution is -0.161. The lowest BCUT2D eigenvalue weighted by atomic mass is 9.97. The molecule has 40 heavy (non-hydrogen) atoms. The molecule has 1 amide bonds. The van der Waals surface area contributed by atoms with Gasteiger partial charge in [-0.2, -0.15) is 0 Å². The maximum absolute atomic E-state index is 13.8. The van der Waals surface area contributed by atoms with E-state index in [-0.39, 0.29) is 23.2 Å². The molecule has 0 spiro atoms. The highest BCUT2D eigenvalue weighted by Crippen LogP contribution is 2.35. The number of hydrogen-bond donors (Lipinski definition) is 0. The van der Waals surface area contributed by atoms with Crippen LogP contribution in [0.5, 0.6) is 0 Å². The minimum atomic E-state index is -0.802. The van der Waals surface area contributed by atoms with Gasteiger partial charge in [0.25, 0.3) is 5.91 Å². The van der Waals surface area contributed by atoms with Gasteiger partial charge < -0.3 is 19.1 Å². The van der Waals surface area contributed by atoms with Crippen LogP contribution in [0.2, 0.25) is 10.0 Å². The van der Waals surface area contributed by atoms with E-state index in [1.807, 2.05) is 13.0 Å². The minimum Gasteiger partial charge on any atom is -0.479 e. The van der Waals surface area contributed by atoms with Crippen LogP contribution in [-0.2, 0) is 23.9 Å². The van der Waals surface area contributed by atoms with Gasteiger partial charge in [0.05, 0.1) is 34.2 Å². The van der Waals surface area contributed by atoms with E-state index >= 15 is 0 Å². The van der Waals surface area contributed by atoms with Gasteiger partial charge in [-0.25, -0.2) is 4.39 Å². The first kappa shape index (κ1) is 29.6. The third-order valence-corrected chi connectivity index (χ3v) is 6.88. The van der Waals surface area contributed by atoms with Crippen molar-refractivity contribution in [1.29, 1.82) is 0 Å². The van der Waals surface area contributed by atoms with Crippen molar-refractivity contribution < 1.29 is 33.1 Å². The quantitative estimate of drug-likeness (QED) is 0.209. The minimum absolute atomic E-state index is 0.0963. The van der Waals surface area contributed by atoms with Gasteiger partial charge in [0.1, 0.15) is 0 Å². The van der Waals surface area contributed by atoms with Crippen LogP contribution in [0.3, 0.4) is 0 Å². The molecular weight excluding hydrogens is 564 g/mol. The summed E-state index contributed by atoms with van der Waals surface area (Å²) in [7, 11) is 0. The fourth-order valence-electron chi connectivity index (χ4n) is 4.11. The second-order valence-electron chi connectivity index (χ2n) is 10.4. The van der Waals surface area contributed by atoms with Crippen molar-refractivity contribution in [3.8, 4) is 0 Å². The van der Waals surface area contributed by atoms with Gasteiger partial charge in [0.15, 0.2) is 18.7 Å². The van der Waals surface area contributed by atoms with Gasteiger partial charge in [0, 0.05) is 12.0 Å². The number of hydrogen-bond acceptors (Lipinski definition) is 8. The molecule has 2 aliphatic rings. The monoisotopic (exact) mass is 593 g/mol. The maximum atomic E-state index is 13.8. The highest BCUT2D eigenvalue weighted by atomic mass is 35.5. The zero-order valence-electron chi connectivity index (χ0n) is 22.8. The van der Waals surface area contributed by atoms with Crippen LogP contribution in [0.4, 0.5) is 4.39 Å². The fourth-order valence-corrected chi connectivity index (χ4v) is 4.61. The SMILES string of the molecule is CCOC1=NOC(N(COC(=O)C(C)(C)C)C(=O)c2ccc(C3=NO[C@H](c4cc(Cl)c(F)c(Cl)c4)C3)cc2C)C1. The Bertz CT molecular complexity index is 1350. The molecule has 2 aromatic rings. The molecule has 0 radical (unpaired) electrons. The average molecular weight is 594 g/mol. The van der Waals surface area contributed by atoms with Gasteiger partial charge >= 0.3 is 5.97 Å². The van der Waals surface area contributed by atoms with Crippen LogP contribution in [0.15, 0.2) is 40.6 Å². The number of oxime groups is 2. The molecule has 0 saturated heterocycles. The van der Waals surface area contributed by atoms with Crippen LogP contribution >= 0.6 is 23.2 Å². The number of halogens is 3. The number of nitrogens with zero attached hydrogens (tertiary/aromatic N) is 3. The van der Waals surface area contributed by atoms with Gasteiger partial charge in [-0.05, 0) is 80.7 Å². The molecular formula is C28H30Cl2FN3O6. The third-order valence-electron chi connectivity index (χ3n) is 6.33. The number of esters is 1. The van der Waals surface area contributed by atoms with E-state index in [2.05, 4.69) is 10.3 Å². The number of ether oxygens (including phenoxy) is 2. The van der Waals surface area contributed by atoms with Crippen molar-refractivity contribution >= 4 is 46.7 Å². The normalized spacial score (nSPS) is 18.4. The Balaban J connectivity index is 1.51. The predicted octanol–water partition coefficient (Wildman–Crippen LogP) is 6.39. The van der Waals surface area contributed by atoms with Crippen molar-refractivity contribution in [2.45, 2.75) is 59.8 Å². The molecule has 4 rings (SSSR count). The molecule has 2 heterocycles. The van der Waals surface area contributed by atoms with Crippen molar-refractivity contribution in [1.82, 2.24) is 4.90 Å². The molecule has 0 N–H and O–H groups in total. The zero-order valence-corrected chi connectivity index (χ0v) is 24.3. The van der Waals surface area contributed by atoms with Gasteiger partial charge in [-0.15, -0.1) is 0 Å². The lowest BCUT2D eigenvalue weighted by Crippen LogP contribution is -2.43. The van der Waals surface area contributed by atoms with E-state index in [0.29, 0.717) is 41.3 Å². The van der Waals surface area contributed by atoms with Crippen molar-refractivity contribution in [2.75, 3.05) is 13.3 Å². The summed E-state index contributed by atoms with van der Waals surface area (Å²) in [4.78, 5) is 38.5. The summed E-state index contributed by atoms with van der Waals surface area (Å²) in [6.07, 6.45) is -0.674. The highest BCUT2D eigenvalue weighted by Gasteiger charge is 2.35. The first-order valence-corrected chi connectivity index (χ1v) is 13.5. The Kier molecular flexibility index (Phi) is 8.90. The summed E-state index contributed by atoms with van der Waals surface area (Å²) in [5, 5.41) is 7.91. The third kappa shape index (κ3) is 6.50. The summed E-state index contributed by atoms with van der Waals surface area (Å²) in [5.41, 5.74) is 2.30. The second-order valence-corrected chi connectivity index (χ2v) is 11.2. The molecule has 0 aliphatic carbocycles. The largest absolute Gasteiger partial charge is 0.479 e. The van der Waals surface area contributed by atoms with Gasteiger partial charge in [-0.3, -0.25) is 14.5 Å². The van der Waals surface area contributed by atoms with Crippen LogP contribution < -0.4 is 0 Å². The highest BCUT2D eigenvalue weighted by molar-refractivity contribution is 6.35. The van der Waals surface area contributed by atoms with Crippen LogP contribution in [0.1, 0.15) is 73.7 Å².